The Hall–Kier alpha value is -2.10. The highest BCUT2D eigenvalue weighted by atomic mass is 32.2. The van der Waals surface area contributed by atoms with Crippen LogP contribution >= 0.6 is 0 Å². The van der Waals surface area contributed by atoms with E-state index >= 15 is 0 Å². The van der Waals surface area contributed by atoms with Crippen LogP contribution in [0, 0.1) is 0 Å². The molecule has 0 saturated carbocycles. The first-order valence-corrected chi connectivity index (χ1v) is 6.78. The third kappa shape index (κ3) is 4.45. The summed E-state index contributed by atoms with van der Waals surface area (Å²) < 4.78 is 62.1. The summed E-state index contributed by atoms with van der Waals surface area (Å²) in [6, 6.07) is 3.11. The van der Waals surface area contributed by atoms with E-state index in [-0.39, 0.29) is 19.1 Å². The maximum Gasteiger partial charge on any atom is 0.534 e. The molecule has 1 aromatic carbocycles. The number of aliphatic carboxylic acids is 1. The highest BCUT2D eigenvalue weighted by Gasteiger charge is 2.48. The van der Waals surface area contributed by atoms with Gasteiger partial charge in [0.25, 0.3) is 0 Å². The molecule has 0 heterocycles. The smallest absolute Gasteiger partial charge is 0.481 e. The van der Waals surface area contributed by atoms with Gasteiger partial charge in [-0.1, -0.05) is 6.07 Å². The largest absolute Gasteiger partial charge is 0.534 e. The topological polar surface area (TPSA) is 97.7 Å². The molecule has 0 fully saturated rings. The Morgan fingerprint density at radius 3 is 2.43 bits per heavy atom. The van der Waals surface area contributed by atoms with Crippen molar-refractivity contribution < 1.29 is 40.5 Å². The van der Waals surface area contributed by atoms with E-state index in [2.05, 4.69) is 4.18 Å². The third-order valence-corrected chi connectivity index (χ3v) is 3.28. The van der Waals surface area contributed by atoms with Crippen LogP contribution < -0.4 is 4.18 Å². The lowest BCUT2D eigenvalue weighted by Crippen LogP contribution is -2.28. The Morgan fingerprint density at radius 2 is 1.95 bits per heavy atom. The summed E-state index contributed by atoms with van der Waals surface area (Å²) >= 11 is 0. The number of carbonyl (C=O) groups excluding carboxylic acids is 1. The quantitative estimate of drug-likeness (QED) is 0.486. The van der Waals surface area contributed by atoms with Gasteiger partial charge in [0.2, 0.25) is 0 Å². The molecule has 0 spiro atoms. The van der Waals surface area contributed by atoms with Gasteiger partial charge in [-0.15, -0.1) is 0 Å². The Kier molecular flexibility index (Phi) is 4.94. The SMILES string of the molecule is O=Cc1cc(CCC(=O)O)ccc1OS(=O)(=O)C(F)(F)F. The van der Waals surface area contributed by atoms with E-state index in [4.69, 9.17) is 5.11 Å². The molecule has 1 N–H and O–H groups in total. The fourth-order valence-electron chi connectivity index (χ4n) is 1.34. The minimum absolute atomic E-state index is 0.0302. The zero-order valence-electron chi connectivity index (χ0n) is 10.3. The molecule has 1 rings (SSSR count). The fraction of sp³-hybridized carbons (Fsp3) is 0.273. The van der Waals surface area contributed by atoms with E-state index in [1.165, 1.54) is 6.07 Å². The van der Waals surface area contributed by atoms with E-state index in [0.717, 1.165) is 12.1 Å². The maximum absolute atomic E-state index is 12.2. The lowest BCUT2D eigenvalue weighted by atomic mass is 10.1. The molecule has 0 aliphatic carbocycles. The zero-order chi connectivity index (χ0) is 16.3. The summed E-state index contributed by atoms with van der Waals surface area (Å²) in [5.74, 6) is -1.87. The van der Waals surface area contributed by atoms with Gasteiger partial charge in [0, 0.05) is 6.42 Å². The van der Waals surface area contributed by atoms with Crippen molar-refractivity contribution in [3.8, 4) is 5.75 Å². The average Bonchev–Trinajstić information content (AvgIpc) is 2.35. The number of hydrogen-bond acceptors (Lipinski definition) is 5. The first-order chi connectivity index (χ1) is 9.56. The average molecular weight is 326 g/mol. The molecule has 10 heteroatoms. The van der Waals surface area contributed by atoms with Gasteiger partial charge in [-0.25, -0.2) is 0 Å². The van der Waals surface area contributed by atoms with E-state index in [1.54, 1.807) is 0 Å². The molecular weight excluding hydrogens is 317 g/mol. The Bertz CT molecular complexity index is 650. The van der Waals surface area contributed by atoms with Crippen LogP contribution in [0.2, 0.25) is 0 Å². The highest BCUT2D eigenvalue weighted by molar-refractivity contribution is 7.88. The number of carbonyl (C=O) groups is 2. The standard InChI is InChI=1S/C11H9F3O6S/c12-11(13,14)21(18,19)20-9-3-1-7(2-4-10(16)17)5-8(9)6-15/h1,3,5-6H,2,4H2,(H,16,17). The molecule has 0 bridgehead atoms. The zero-order valence-corrected chi connectivity index (χ0v) is 11.1. The van der Waals surface area contributed by atoms with E-state index in [9.17, 15) is 31.2 Å². The van der Waals surface area contributed by atoms with Crippen molar-refractivity contribution in [3.05, 3.63) is 29.3 Å². The number of carboxylic acid groups (broad SMARTS) is 1. The number of aryl methyl sites for hydroxylation is 1. The summed E-state index contributed by atoms with van der Waals surface area (Å²) in [7, 11) is -5.87. The summed E-state index contributed by atoms with van der Waals surface area (Å²) in [4.78, 5) is 21.2. The number of carboxylic acids is 1. The first-order valence-electron chi connectivity index (χ1n) is 5.37. The van der Waals surface area contributed by atoms with Crippen LogP contribution in [-0.2, 0) is 21.3 Å². The minimum Gasteiger partial charge on any atom is -0.481 e. The Balaban J connectivity index is 3.05. The number of aldehydes is 1. The Morgan fingerprint density at radius 1 is 1.33 bits per heavy atom. The molecule has 0 atom stereocenters. The third-order valence-electron chi connectivity index (χ3n) is 2.31. The summed E-state index contributed by atoms with van der Waals surface area (Å²) in [6.07, 6.45) is -0.104. The lowest BCUT2D eigenvalue weighted by Gasteiger charge is -2.11. The van der Waals surface area contributed by atoms with Gasteiger partial charge >= 0.3 is 21.6 Å². The van der Waals surface area contributed by atoms with Crippen molar-refractivity contribution >= 4 is 22.4 Å². The van der Waals surface area contributed by atoms with Gasteiger partial charge in [0.1, 0.15) is 0 Å². The van der Waals surface area contributed by atoms with Gasteiger partial charge in [-0.05, 0) is 24.1 Å². The molecule has 0 saturated heterocycles. The molecule has 0 radical (unpaired) electrons. The fourth-order valence-corrected chi connectivity index (χ4v) is 1.82. The molecule has 0 aliphatic rings. The van der Waals surface area contributed by atoms with Crippen molar-refractivity contribution in [3.63, 3.8) is 0 Å². The number of benzene rings is 1. The molecule has 21 heavy (non-hydrogen) atoms. The Labute approximate surface area is 117 Å². The summed E-state index contributed by atoms with van der Waals surface area (Å²) in [6.45, 7) is 0. The van der Waals surface area contributed by atoms with E-state index in [1.807, 2.05) is 0 Å². The molecule has 6 nitrogen and oxygen atoms in total. The predicted octanol–water partition coefficient (Wildman–Crippen LogP) is 1.74. The summed E-state index contributed by atoms with van der Waals surface area (Å²) in [5.41, 5.74) is -5.70. The van der Waals surface area contributed by atoms with Gasteiger partial charge in [0.05, 0.1) is 5.56 Å². The molecular formula is C11H9F3O6S. The molecule has 116 valence electrons. The lowest BCUT2D eigenvalue weighted by molar-refractivity contribution is -0.136. The second-order valence-corrected chi connectivity index (χ2v) is 5.40. The number of alkyl halides is 3. The minimum atomic E-state index is -5.87. The van der Waals surface area contributed by atoms with Crippen LogP contribution in [0.4, 0.5) is 13.2 Å². The van der Waals surface area contributed by atoms with Crippen LogP contribution in [-0.4, -0.2) is 31.3 Å². The van der Waals surface area contributed by atoms with Crippen molar-refractivity contribution in [2.75, 3.05) is 0 Å². The van der Waals surface area contributed by atoms with Crippen LogP contribution in [0.1, 0.15) is 22.3 Å². The normalized spacial score (nSPS) is 12.0. The van der Waals surface area contributed by atoms with Gasteiger partial charge < -0.3 is 9.29 Å². The van der Waals surface area contributed by atoms with Crippen molar-refractivity contribution in [1.82, 2.24) is 0 Å². The second-order valence-electron chi connectivity index (χ2n) is 3.87. The first kappa shape index (κ1) is 17.0. The monoisotopic (exact) mass is 326 g/mol. The number of hydrogen-bond donors (Lipinski definition) is 1. The van der Waals surface area contributed by atoms with Crippen LogP contribution in [0.5, 0.6) is 5.75 Å². The van der Waals surface area contributed by atoms with Crippen LogP contribution in [0.15, 0.2) is 18.2 Å². The van der Waals surface area contributed by atoms with Crippen LogP contribution in [0.25, 0.3) is 0 Å². The van der Waals surface area contributed by atoms with Crippen molar-refractivity contribution in [2.24, 2.45) is 0 Å². The van der Waals surface area contributed by atoms with Gasteiger partial charge in [-0.3, -0.25) is 9.59 Å². The van der Waals surface area contributed by atoms with Crippen molar-refractivity contribution in [1.29, 1.82) is 0 Å². The van der Waals surface area contributed by atoms with E-state index in [0.29, 0.717) is 5.56 Å². The van der Waals surface area contributed by atoms with E-state index < -0.39 is 32.9 Å². The molecule has 1 aromatic rings. The number of rotatable bonds is 6. The van der Waals surface area contributed by atoms with Gasteiger partial charge in [-0.2, -0.15) is 21.6 Å². The second kappa shape index (κ2) is 6.12. The molecule has 0 aromatic heterocycles. The maximum atomic E-state index is 12.2. The van der Waals surface area contributed by atoms with Gasteiger partial charge in [0.15, 0.2) is 12.0 Å². The number of halogens is 3. The summed E-state index contributed by atoms with van der Waals surface area (Å²) in [5, 5.41) is 8.50. The highest BCUT2D eigenvalue weighted by Crippen LogP contribution is 2.29. The van der Waals surface area contributed by atoms with Crippen LogP contribution in [0.3, 0.4) is 0 Å². The molecule has 0 unspecified atom stereocenters. The molecule has 0 aliphatic heterocycles. The van der Waals surface area contributed by atoms with Crippen molar-refractivity contribution in [2.45, 2.75) is 18.3 Å². The predicted molar refractivity (Wildman–Crippen MR) is 63.4 cm³/mol. The molecule has 0 amide bonds.